The Hall–Kier alpha value is -4.44. The molecule has 0 aromatic heterocycles. The first-order valence-electron chi connectivity index (χ1n) is 9.92. The molecule has 1 saturated heterocycles. The maximum Gasteiger partial charge on any atom is 0.343 e. The zero-order valence-corrected chi connectivity index (χ0v) is 18.6. The second kappa shape index (κ2) is 10.0. The van der Waals surface area contributed by atoms with Crippen LogP contribution in [0.4, 0.5) is 11.4 Å². The molecule has 1 aliphatic rings. The van der Waals surface area contributed by atoms with Crippen molar-refractivity contribution in [2.45, 2.75) is 0 Å². The molecule has 0 bridgehead atoms. The van der Waals surface area contributed by atoms with Crippen molar-refractivity contribution in [1.29, 1.82) is 0 Å². The largest absolute Gasteiger partial charge is 0.493 e. The van der Waals surface area contributed by atoms with E-state index in [-0.39, 0.29) is 28.7 Å². The molecule has 1 fully saturated rings. The van der Waals surface area contributed by atoms with Crippen molar-refractivity contribution in [3.63, 3.8) is 0 Å². The van der Waals surface area contributed by atoms with Gasteiger partial charge in [-0.15, -0.1) is 0 Å². The third-order valence-corrected chi connectivity index (χ3v) is 5.55. The van der Waals surface area contributed by atoms with E-state index in [1.807, 2.05) is 30.3 Å². The van der Waals surface area contributed by atoms with Crippen LogP contribution < -0.4 is 14.8 Å². The van der Waals surface area contributed by atoms with Gasteiger partial charge in [0.15, 0.2) is 16.7 Å². The van der Waals surface area contributed by atoms with Crippen LogP contribution in [0.5, 0.6) is 11.5 Å². The van der Waals surface area contributed by atoms with Crippen molar-refractivity contribution in [3.8, 4) is 11.5 Å². The third kappa shape index (κ3) is 5.30. The number of non-ortho nitro benzene ring substituents is 1. The maximum absolute atomic E-state index is 12.4. The molecule has 0 aliphatic carbocycles. The van der Waals surface area contributed by atoms with Crippen LogP contribution in [-0.4, -0.2) is 29.1 Å². The summed E-state index contributed by atoms with van der Waals surface area (Å²) in [6, 6.07) is 19.2. The van der Waals surface area contributed by atoms with E-state index >= 15 is 0 Å². The molecule has 3 aromatic rings. The minimum absolute atomic E-state index is 0.127. The Labute approximate surface area is 198 Å². The Bertz CT molecular complexity index is 1320. The van der Waals surface area contributed by atoms with Crippen LogP contribution in [0.3, 0.4) is 0 Å². The summed E-state index contributed by atoms with van der Waals surface area (Å²) < 4.78 is 10.7. The lowest BCUT2D eigenvalue weighted by Crippen LogP contribution is -2.19. The fraction of sp³-hybridized carbons (Fsp3) is 0.0417. The first-order valence-corrected chi connectivity index (χ1v) is 10.7. The summed E-state index contributed by atoms with van der Waals surface area (Å²) in [5.74, 6) is -0.506. The number of amidine groups is 1. The number of carbonyl (C=O) groups is 2. The van der Waals surface area contributed by atoms with E-state index in [1.54, 1.807) is 24.3 Å². The van der Waals surface area contributed by atoms with Crippen LogP contribution in [-0.2, 0) is 4.79 Å². The normalized spacial score (nSPS) is 15.3. The van der Waals surface area contributed by atoms with Gasteiger partial charge in [0, 0.05) is 12.1 Å². The number of hydrogen-bond donors (Lipinski definition) is 1. The number of hydrogen-bond acceptors (Lipinski definition) is 8. The van der Waals surface area contributed by atoms with E-state index < -0.39 is 10.9 Å². The SMILES string of the molecule is COc1cc(/C=C2/SC(=Nc3ccccc3)NC2=O)ccc1OC(=O)c1ccc([N+](=O)[O-])cc1. The van der Waals surface area contributed by atoms with Gasteiger partial charge in [0.1, 0.15) is 0 Å². The Morgan fingerprint density at radius 1 is 1.06 bits per heavy atom. The molecule has 1 heterocycles. The lowest BCUT2D eigenvalue weighted by molar-refractivity contribution is -0.384. The standard InChI is InChI=1S/C24H17N3O6S/c1-32-20-13-15(14-21-22(28)26-24(34-21)25-17-5-3-2-4-6-17)7-12-19(20)33-23(29)16-8-10-18(11-9-16)27(30)31/h2-14H,1H3,(H,25,26,28)/b21-14+. The number of nitro benzene ring substituents is 1. The number of rotatable bonds is 6. The molecule has 9 nitrogen and oxygen atoms in total. The van der Waals surface area contributed by atoms with Gasteiger partial charge < -0.3 is 14.8 Å². The van der Waals surface area contributed by atoms with Crippen molar-refractivity contribution >= 4 is 46.3 Å². The first-order chi connectivity index (χ1) is 16.4. The Morgan fingerprint density at radius 3 is 2.47 bits per heavy atom. The fourth-order valence-corrected chi connectivity index (χ4v) is 3.83. The van der Waals surface area contributed by atoms with Crippen LogP contribution >= 0.6 is 11.8 Å². The van der Waals surface area contributed by atoms with Crippen LogP contribution in [0, 0.1) is 10.1 Å². The molecule has 10 heteroatoms. The highest BCUT2D eigenvalue weighted by molar-refractivity contribution is 8.18. The quantitative estimate of drug-likeness (QED) is 0.180. The third-order valence-electron chi connectivity index (χ3n) is 4.64. The van der Waals surface area contributed by atoms with Gasteiger partial charge in [-0.1, -0.05) is 24.3 Å². The van der Waals surface area contributed by atoms with Gasteiger partial charge in [0.05, 0.1) is 28.2 Å². The summed E-state index contributed by atoms with van der Waals surface area (Å²) in [5, 5.41) is 14.0. The van der Waals surface area contributed by atoms with Crippen molar-refractivity contribution in [2.24, 2.45) is 4.99 Å². The number of benzene rings is 3. The van der Waals surface area contributed by atoms with Crippen LogP contribution in [0.1, 0.15) is 15.9 Å². The average molecular weight is 475 g/mol. The fourth-order valence-electron chi connectivity index (χ4n) is 2.99. The monoisotopic (exact) mass is 475 g/mol. The predicted octanol–water partition coefficient (Wildman–Crippen LogP) is 4.71. The highest BCUT2D eigenvalue weighted by Crippen LogP contribution is 2.32. The van der Waals surface area contributed by atoms with E-state index in [0.29, 0.717) is 15.6 Å². The number of nitrogens with one attached hydrogen (secondary N) is 1. The second-order valence-electron chi connectivity index (χ2n) is 6.92. The molecule has 4 rings (SSSR count). The van der Waals surface area contributed by atoms with Gasteiger partial charge in [-0.2, -0.15) is 0 Å². The van der Waals surface area contributed by atoms with E-state index in [9.17, 15) is 19.7 Å². The second-order valence-corrected chi connectivity index (χ2v) is 7.95. The highest BCUT2D eigenvalue weighted by atomic mass is 32.2. The molecule has 3 aromatic carbocycles. The number of nitrogens with zero attached hydrogens (tertiary/aromatic N) is 2. The minimum atomic E-state index is -0.688. The summed E-state index contributed by atoms with van der Waals surface area (Å²) >= 11 is 1.21. The topological polar surface area (TPSA) is 120 Å². The Kier molecular flexibility index (Phi) is 6.69. The number of aliphatic imine (C=N–C) groups is 1. The minimum Gasteiger partial charge on any atom is -0.493 e. The molecule has 0 radical (unpaired) electrons. The molecule has 170 valence electrons. The van der Waals surface area contributed by atoms with Gasteiger partial charge in [-0.3, -0.25) is 14.9 Å². The number of amides is 1. The number of thioether (sulfide) groups is 1. The molecule has 1 amide bonds. The number of nitro groups is 1. The zero-order chi connectivity index (χ0) is 24.1. The first kappa shape index (κ1) is 22.7. The van der Waals surface area contributed by atoms with Crippen LogP contribution in [0.15, 0.2) is 82.7 Å². The number of esters is 1. The lowest BCUT2D eigenvalue weighted by atomic mass is 10.1. The summed E-state index contributed by atoms with van der Waals surface area (Å²) in [7, 11) is 1.43. The van der Waals surface area contributed by atoms with Gasteiger partial charge >= 0.3 is 5.97 Å². The zero-order valence-electron chi connectivity index (χ0n) is 17.8. The molecular weight excluding hydrogens is 458 g/mol. The van der Waals surface area contributed by atoms with E-state index in [1.165, 1.54) is 43.1 Å². The van der Waals surface area contributed by atoms with Crippen LogP contribution in [0.2, 0.25) is 0 Å². The van der Waals surface area contributed by atoms with Crippen molar-refractivity contribution in [3.05, 3.63) is 98.9 Å². The van der Waals surface area contributed by atoms with Gasteiger partial charge in [0.2, 0.25) is 0 Å². The number of carbonyl (C=O) groups excluding carboxylic acids is 2. The smallest absolute Gasteiger partial charge is 0.343 e. The Morgan fingerprint density at radius 2 is 1.79 bits per heavy atom. The summed E-state index contributed by atoms with van der Waals surface area (Å²) in [5.41, 5.74) is 1.42. The number of methoxy groups -OCH3 is 1. The van der Waals surface area contributed by atoms with E-state index in [2.05, 4.69) is 10.3 Å². The molecular formula is C24H17N3O6S. The van der Waals surface area contributed by atoms with Crippen molar-refractivity contribution in [2.75, 3.05) is 7.11 Å². The molecule has 0 unspecified atom stereocenters. The van der Waals surface area contributed by atoms with Crippen LogP contribution in [0.25, 0.3) is 6.08 Å². The number of ether oxygens (including phenoxy) is 2. The predicted molar refractivity (Wildman–Crippen MR) is 128 cm³/mol. The Balaban J connectivity index is 1.50. The molecule has 34 heavy (non-hydrogen) atoms. The molecule has 1 aliphatic heterocycles. The number of para-hydroxylation sites is 1. The molecule has 0 spiro atoms. The summed E-state index contributed by atoms with van der Waals surface area (Å²) in [6.07, 6.45) is 1.68. The summed E-state index contributed by atoms with van der Waals surface area (Å²) in [6.45, 7) is 0. The van der Waals surface area contributed by atoms with Gasteiger partial charge in [-0.25, -0.2) is 9.79 Å². The van der Waals surface area contributed by atoms with Crippen molar-refractivity contribution in [1.82, 2.24) is 5.32 Å². The molecule has 0 atom stereocenters. The lowest BCUT2D eigenvalue weighted by Gasteiger charge is -2.10. The summed E-state index contributed by atoms with van der Waals surface area (Å²) in [4.78, 5) is 39.9. The van der Waals surface area contributed by atoms with Crippen molar-refractivity contribution < 1.29 is 24.0 Å². The van der Waals surface area contributed by atoms with Gasteiger partial charge in [-0.05, 0) is 59.8 Å². The van der Waals surface area contributed by atoms with E-state index in [0.717, 1.165) is 5.69 Å². The van der Waals surface area contributed by atoms with E-state index in [4.69, 9.17) is 9.47 Å². The highest BCUT2D eigenvalue weighted by Gasteiger charge is 2.24. The van der Waals surface area contributed by atoms with Gasteiger partial charge in [0.25, 0.3) is 11.6 Å². The molecule has 1 N–H and O–H groups in total. The molecule has 0 saturated carbocycles. The average Bonchev–Trinajstić information content (AvgIpc) is 3.18. The maximum atomic E-state index is 12.4.